The molecule has 0 radical (unpaired) electrons. The molecule has 0 fully saturated rings. The standard InChI is InChI=1S/C10H12N6O4S/c11-15-9-2-1-8(3-10(9)16(17)18)21(19,20)14-5-7-4-12-6-13-7/h1-4,6,14-15H,5,11H2,(H,12,13). The van der Waals surface area contributed by atoms with Crippen molar-refractivity contribution in [2.45, 2.75) is 11.4 Å². The van der Waals surface area contributed by atoms with E-state index in [0.29, 0.717) is 5.69 Å². The zero-order valence-corrected chi connectivity index (χ0v) is 11.4. The fourth-order valence-electron chi connectivity index (χ4n) is 1.59. The number of aromatic amines is 1. The lowest BCUT2D eigenvalue weighted by atomic mass is 10.3. The highest BCUT2D eigenvalue weighted by molar-refractivity contribution is 7.89. The van der Waals surface area contributed by atoms with E-state index in [1.165, 1.54) is 24.7 Å². The second-order valence-electron chi connectivity index (χ2n) is 3.98. The maximum Gasteiger partial charge on any atom is 0.294 e. The summed E-state index contributed by atoms with van der Waals surface area (Å²) in [6.45, 7) is -0.00692. The Hall–Kier alpha value is -2.50. The van der Waals surface area contributed by atoms with Gasteiger partial charge in [-0.2, -0.15) is 0 Å². The zero-order chi connectivity index (χ0) is 15.5. The van der Waals surface area contributed by atoms with Gasteiger partial charge in [0, 0.05) is 18.0 Å². The maximum absolute atomic E-state index is 12.1. The van der Waals surface area contributed by atoms with Gasteiger partial charge in [0.15, 0.2) is 0 Å². The summed E-state index contributed by atoms with van der Waals surface area (Å²) in [7, 11) is -3.89. The number of sulfonamides is 1. The van der Waals surface area contributed by atoms with Crippen LogP contribution in [0.3, 0.4) is 0 Å². The molecule has 0 spiro atoms. The number of hydrogen-bond donors (Lipinski definition) is 4. The molecular formula is C10H12N6O4S. The first kappa shape index (κ1) is 14.9. The van der Waals surface area contributed by atoms with Crippen LogP contribution in [0.2, 0.25) is 0 Å². The second kappa shape index (κ2) is 5.87. The van der Waals surface area contributed by atoms with E-state index in [1.807, 2.05) is 0 Å². The first-order valence-corrected chi connectivity index (χ1v) is 7.14. The lowest BCUT2D eigenvalue weighted by Crippen LogP contribution is -2.23. The molecule has 0 amide bonds. The van der Waals surface area contributed by atoms with Gasteiger partial charge in [0.2, 0.25) is 10.0 Å². The van der Waals surface area contributed by atoms with Crippen LogP contribution in [0.25, 0.3) is 0 Å². The summed E-state index contributed by atoms with van der Waals surface area (Å²) in [5, 5.41) is 10.9. The minimum atomic E-state index is -3.89. The topological polar surface area (TPSA) is 156 Å². The van der Waals surface area contributed by atoms with Crippen molar-refractivity contribution in [2.75, 3.05) is 5.43 Å². The van der Waals surface area contributed by atoms with Gasteiger partial charge in [-0.1, -0.05) is 0 Å². The van der Waals surface area contributed by atoms with Gasteiger partial charge in [-0.3, -0.25) is 16.0 Å². The van der Waals surface area contributed by atoms with E-state index < -0.39 is 20.6 Å². The fourth-order valence-corrected chi connectivity index (χ4v) is 2.62. The number of aromatic nitrogens is 2. The quantitative estimate of drug-likeness (QED) is 0.334. The number of nitro groups is 1. The van der Waals surface area contributed by atoms with Gasteiger partial charge in [-0.05, 0) is 12.1 Å². The summed E-state index contributed by atoms with van der Waals surface area (Å²) < 4.78 is 26.5. The van der Waals surface area contributed by atoms with Gasteiger partial charge in [-0.25, -0.2) is 18.1 Å². The van der Waals surface area contributed by atoms with Crippen LogP contribution in [0.15, 0.2) is 35.6 Å². The van der Waals surface area contributed by atoms with E-state index >= 15 is 0 Å². The Morgan fingerprint density at radius 3 is 2.76 bits per heavy atom. The van der Waals surface area contributed by atoms with Crippen molar-refractivity contribution in [1.82, 2.24) is 14.7 Å². The molecule has 0 aliphatic rings. The second-order valence-corrected chi connectivity index (χ2v) is 5.75. The largest absolute Gasteiger partial charge is 0.347 e. The summed E-state index contributed by atoms with van der Waals surface area (Å²) in [4.78, 5) is 16.4. The molecule has 1 aromatic heterocycles. The monoisotopic (exact) mass is 312 g/mol. The predicted molar refractivity (Wildman–Crippen MR) is 73.5 cm³/mol. The lowest BCUT2D eigenvalue weighted by Gasteiger charge is -2.07. The fraction of sp³-hybridized carbons (Fsp3) is 0.100. The van der Waals surface area contributed by atoms with Crippen molar-refractivity contribution in [3.63, 3.8) is 0 Å². The van der Waals surface area contributed by atoms with Crippen LogP contribution < -0.4 is 16.0 Å². The normalized spacial score (nSPS) is 11.3. The van der Waals surface area contributed by atoms with Crippen molar-refractivity contribution in [2.24, 2.45) is 5.84 Å². The summed E-state index contributed by atoms with van der Waals surface area (Å²) >= 11 is 0. The highest BCUT2D eigenvalue weighted by Crippen LogP contribution is 2.26. The van der Waals surface area contributed by atoms with Crippen LogP contribution in [0.5, 0.6) is 0 Å². The van der Waals surface area contributed by atoms with Crippen molar-refractivity contribution in [3.8, 4) is 0 Å². The summed E-state index contributed by atoms with van der Waals surface area (Å²) in [6, 6.07) is 3.38. The predicted octanol–water partition coefficient (Wildman–Crippen LogP) is 0.0820. The van der Waals surface area contributed by atoms with Crippen molar-refractivity contribution in [1.29, 1.82) is 0 Å². The molecule has 1 aromatic carbocycles. The Bertz CT molecular complexity index is 743. The molecule has 2 aromatic rings. The molecule has 5 N–H and O–H groups in total. The molecule has 0 saturated heterocycles. The molecule has 2 rings (SSSR count). The third kappa shape index (κ3) is 3.34. The minimum Gasteiger partial charge on any atom is -0.347 e. The number of hydrogen-bond acceptors (Lipinski definition) is 7. The van der Waals surface area contributed by atoms with E-state index in [-0.39, 0.29) is 17.1 Å². The molecule has 0 saturated carbocycles. The van der Waals surface area contributed by atoms with Crippen molar-refractivity contribution >= 4 is 21.4 Å². The number of anilines is 1. The highest BCUT2D eigenvalue weighted by atomic mass is 32.2. The summed E-state index contributed by atoms with van der Waals surface area (Å²) in [5.74, 6) is 5.14. The Labute approximate surface area is 119 Å². The number of rotatable bonds is 6. The van der Waals surface area contributed by atoms with Gasteiger partial charge in [0.1, 0.15) is 5.69 Å². The molecule has 0 atom stereocenters. The Balaban J connectivity index is 2.27. The van der Waals surface area contributed by atoms with Gasteiger partial charge in [0.05, 0.1) is 22.7 Å². The van der Waals surface area contributed by atoms with Crippen molar-refractivity contribution < 1.29 is 13.3 Å². The van der Waals surface area contributed by atoms with Gasteiger partial charge in [0.25, 0.3) is 5.69 Å². The number of H-pyrrole nitrogens is 1. The lowest BCUT2D eigenvalue weighted by molar-refractivity contribution is -0.384. The molecule has 11 heteroatoms. The van der Waals surface area contributed by atoms with E-state index in [4.69, 9.17) is 5.84 Å². The number of nitrogens with one attached hydrogen (secondary N) is 3. The van der Waals surface area contributed by atoms with Gasteiger partial charge in [-0.15, -0.1) is 0 Å². The van der Waals surface area contributed by atoms with Crippen LogP contribution in [0.4, 0.5) is 11.4 Å². The van der Waals surface area contributed by atoms with Crippen LogP contribution in [0, 0.1) is 10.1 Å². The maximum atomic E-state index is 12.1. The minimum absolute atomic E-state index is 0.00692. The molecule has 21 heavy (non-hydrogen) atoms. The van der Waals surface area contributed by atoms with E-state index in [2.05, 4.69) is 20.1 Å². The molecule has 1 heterocycles. The smallest absolute Gasteiger partial charge is 0.294 e. The number of benzene rings is 1. The first-order chi connectivity index (χ1) is 9.94. The van der Waals surface area contributed by atoms with Crippen LogP contribution in [-0.4, -0.2) is 23.3 Å². The highest BCUT2D eigenvalue weighted by Gasteiger charge is 2.21. The molecule has 0 aliphatic carbocycles. The molecule has 112 valence electrons. The van der Waals surface area contributed by atoms with E-state index in [0.717, 1.165) is 6.07 Å². The third-order valence-electron chi connectivity index (χ3n) is 2.64. The van der Waals surface area contributed by atoms with Gasteiger partial charge < -0.3 is 10.4 Å². The number of nitrogens with zero attached hydrogens (tertiary/aromatic N) is 2. The van der Waals surface area contributed by atoms with Crippen LogP contribution in [-0.2, 0) is 16.6 Å². The number of imidazole rings is 1. The molecule has 0 unspecified atom stereocenters. The zero-order valence-electron chi connectivity index (χ0n) is 10.6. The summed E-state index contributed by atoms with van der Waals surface area (Å²) in [6.07, 6.45) is 2.88. The van der Waals surface area contributed by atoms with Crippen LogP contribution >= 0.6 is 0 Å². The molecule has 0 aliphatic heterocycles. The van der Waals surface area contributed by atoms with Crippen molar-refractivity contribution in [3.05, 3.63) is 46.5 Å². The molecule has 0 bridgehead atoms. The average molecular weight is 312 g/mol. The summed E-state index contributed by atoms with van der Waals surface area (Å²) in [5.41, 5.74) is 2.30. The number of hydrazine groups is 1. The SMILES string of the molecule is NNc1ccc(S(=O)(=O)NCc2cnc[nH]2)cc1[N+](=O)[O-]. The average Bonchev–Trinajstić information content (AvgIpc) is 2.97. The third-order valence-corrected chi connectivity index (χ3v) is 4.04. The molecular weight excluding hydrogens is 300 g/mol. The van der Waals surface area contributed by atoms with Crippen LogP contribution in [0.1, 0.15) is 5.69 Å². The Morgan fingerprint density at radius 2 is 2.19 bits per heavy atom. The first-order valence-electron chi connectivity index (χ1n) is 5.66. The number of nitrogens with two attached hydrogens (primary N) is 1. The number of nitro benzene ring substituents is 1. The Morgan fingerprint density at radius 1 is 1.43 bits per heavy atom. The van der Waals surface area contributed by atoms with Gasteiger partial charge >= 0.3 is 0 Å². The molecule has 10 nitrogen and oxygen atoms in total. The Kier molecular flexibility index (Phi) is 4.16. The van der Waals surface area contributed by atoms with E-state index in [9.17, 15) is 18.5 Å². The number of nitrogen functional groups attached to an aromatic ring is 1. The van der Waals surface area contributed by atoms with E-state index in [1.54, 1.807) is 0 Å².